The van der Waals surface area contributed by atoms with Gasteiger partial charge < -0.3 is 14.6 Å². The summed E-state index contributed by atoms with van der Waals surface area (Å²) < 4.78 is 6.79. The molecule has 5 nitrogen and oxygen atoms in total. The van der Waals surface area contributed by atoms with Crippen LogP contribution >= 0.6 is 34.8 Å². The second-order valence-corrected chi connectivity index (χ2v) is 7.23. The third-order valence-corrected chi connectivity index (χ3v) is 5.12. The van der Waals surface area contributed by atoms with Gasteiger partial charge in [0.1, 0.15) is 10.9 Å². The fourth-order valence-corrected chi connectivity index (χ4v) is 3.70. The maximum atomic E-state index is 12.9. The van der Waals surface area contributed by atoms with Crippen molar-refractivity contribution in [1.82, 2.24) is 9.55 Å². The van der Waals surface area contributed by atoms with Crippen molar-refractivity contribution in [1.29, 1.82) is 0 Å². The van der Waals surface area contributed by atoms with E-state index in [-0.39, 0.29) is 22.6 Å². The summed E-state index contributed by atoms with van der Waals surface area (Å²) in [5.41, 5.74) is 0.146. The maximum Gasteiger partial charge on any atom is 0.294 e. The Kier molecular flexibility index (Phi) is 5.46. The smallest absolute Gasteiger partial charge is 0.294 e. The third-order valence-electron chi connectivity index (χ3n) is 4.34. The van der Waals surface area contributed by atoms with Crippen LogP contribution in [0.2, 0.25) is 15.2 Å². The zero-order chi connectivity index (χ0) is 18.1. The molecule has 1 atom stereocenters. The minimum atomic E-state index is -0.244. The number of methoxy groups -OCH3 is 1. The molecule has 0 bridgehead atoms. The van der Waals surface area contributed by atoms with E-state index in [0.29, 0.717) is 27.4 Å². The average Bonchev–Trinajstić information content (AvgIpc) is 3.40. The van der Waals surface area contributed by atoms with Gasteiger partial charge in [-0.15, -0.1) is 0 Å². The Morgan fingerprint density at radius 2 is 1.96 bits per heavy atom. The van der Waals surface area contributed by atoms with Gasteiger partial charge in [0.15, 0.2) is 5.82 Å². The quantitative estimate of drug-likeness (QED) is 0.710. The van der Waals surface area contributed by atoms with Crippen LogP contribution in [0.1, 0.15) is 32.2 Å². The molecule has 1 aromatic heterocycles. The number of rotatable bonds is 6. The van der Waals surface area contributed by atoms with Gasteiger partial charge >= 0.3 is 0 Å². The Morgan fingerprint density at radius 3 is 2.48 bits per heavy atom. The van der Waals surface area contributed by atoms with Crippen molar-refractivity contribution in [3.63, 3.8) is 0 Å². The highest BCUT2D eigenvalue weighted by atomic mass is 35.5. The Bertz CT molecular complexity index is 827. The number of anilines is 2. The summed E-state index contributed by atoms with van der Waals surface area (Å²) in [6.45, 7) is 2.06. The van der Waals surface area contributed by atoms with Crippen LogP contribution in [0.5, 0.6) is 5.75 Å². The number of benzene rings is 1. The molecule has 1 aliphatic carbocycles. The molecule has 1 fully saturated rings. The lowest BCUT2D eigenvalue weighted by atomic mass is 10.1. The van der Waals surface area contributed by atoms with Crippen LogP contribution in [0.15, 0.2) is 23.1 Å². The number of hydrogen-bond donors (Lipinski definition) is 1. The molecular weight excluding hydrogens is 385 g/mol. The first-order chi connectivity index (χ1) is 11.9. The fraction of sp³-hybridized carbons (Fsp3) is 0.412. The lowest BCUT2D eigenvalue weighted by Crippen LogP contribution is -2.28. The van der Waals surface area contributed by atoms with Crippen LogP contribution in [0.3, 0.4) is 0 Å². The van der Waals surface area contributed by atoms with E-state index in [0.717, 1.165) is 19.3 Å². The van der Waals surface area contributed by atoms with E-state index in [1.165, 1.54) is 7.11 Å². The maximum absolute atomic E-state index is 12.9. The molecule has 0 radical (unpaired) electrons. The first kappa shape index (κ1) is 18.4. The summed E-state index contributed by atoms with van der Waals surface area (Å²) in [4.78, 5) is 17.0. The highest BCUT2D eigenvalue weighted by Gasteiger charge is 2.32. The average molecular weight is 403 g/mol. The first-order valence-corrected chi connectivity index (χ1v) is 9.16. The summed E-state index contributed by atoms with van der Waals surface area (Å²) in [6.07, 6.45) is 4.71. The molecule has 0 aliphatic heterocycles. The van der Waals surface area contributed by atoms with Gasteiger partial charge in [0.25, 0.3) is 5.56 Å². The number of ether oxygens (including phenoxy) is 1. The monoisotopic (exact) mass is 401 g/mol. The Balaban J connectivity index is 2.01. The number of hydrogen-bond acceptors (Lipinski definition) is 4. The van der Waals surface area contributed by atoms with Gasteiger partial charge in [0.05, 0.1) is 22.8 Å². The number of nitrogens with one attached hydrogen (secondary N) is 1. The summed E-state index contributed by atoms with van der Waals surface area (Å²) in [7, 11) is 1.52. The van der Waals surface area contributed by atoms with Gasteiger partial charge in [-0.1, -0.05) is 41.7 Å². The second-order valence-electron chi connectivity index (χ2n) is 6.03. The van der Waals surface area contributed by atoms with E-state index >= 15 is 0 Å². The van der Waals surface area contributed by atoms with Crippen molar-refractivity contribution in [3.8, 4) is 5.75 Å². The highest BCUT2D eigenvalue weighted by Crippen LogP contribution is 2.41. The predicted molar refractivity (Wildman–Crippen MR) is 102 cm³/mol. The van der Waals surface area contributed by atoms with E-state index in [4.69, 9.17) is 39.5 Å². The SMILES string of the molecule is CC[C@H](C1CC1)n1cc(Cl)nc(Nc2c(Cl)cc(OC)cc2Cl)c1=O. The summed E-state index contributed by atoms with van der Waals surface area (Å²) in [6, 6.07) is 3.34. The predicted octanol–water partition coefficient (Wildman–Crippen LogP) is 5.32. The summed E-state index contributed by atoms with van der Waals surface area (Å²) >= 11 is 18.6. The molecule has 1 aliphatic rings. The summed E-state index contributed by atoms with van der Waals surface area (Å²) in [5.74, 6) is 1.14. The zero-order valence-electron chi connectivity index (χ0n) is 13.9. The van der Waals surface area contributed by atoms with Crippen molar-refractivity contribution in [2.24, 2.45) is 5.92 Å². The number of nitrogens with zero attached hydrogens (tertiary/aromatic N) is 2. The van der Waals surface area contributed by atoms with Gasteiger partial charge in [-0.2, -0.15) is 0 Å². The number of halogens is 3. The molecule has 134 valence electrons. The largest absolute Gasteiger partial charge is 0.497 e. The molecule has 3 rings (SSSR count). The minimum Gasteiger partial charge on any atom is -0.497 e. The first-order valence-electron chi connectivity index (χ1n) is 8.03. The molecule has 2 aromatic rings. The molecule has 1 N–H and O–H groups in total. The molecule has 1 heterocycles. The van der Waals surface area contributed by atoms with Crippen LogP contribution in [-0.2, 0) is 0 Å². The summed E-state index contributed by atoms with van der Waals surface area (Å²) in [5, 5.41) is 3.82. The van der Waals surface area contributed by atoms with Crippen molar-refractivity contribution in [2.75, 3.05) is 12.4 Å². The van der Waals surface area contributed by atoms with Crippen LogP contribution in [0.25, 0.3) is 0 Å². The third kappa shape index (κ3) is 3.89. The Morgan fingerprint density at radius 1 is 1.32 bits per heavy atom. The van der Waals surface area contributed by atoms with Gasteiger partial charge in [-0.3, -0.25) is 4.79 Å². The lowest BCUT2D eigenvalue weighted by molar-refractivity contribution is 0.415. The second kappa shape index (κ2) is 7.44. The lowest BCUT2D eigenvalue weighted by Gasteiger charge is -2.19. The van der Waals surface area contributed by atoms with E-state index in [9.17, 15) is 4.79 Å². The van der Waals surface area contributed by atoms with E-state index in [1.807, 2.05) is 0 Å². The van der Waals surface area contributed by atoms with Crippen LogP contribution < -0.4 is 15.6 Å². The molecule has 0 spiro atoms. The molecule has 1 aromatic carbocycles. The van der Waals surface area contributed by atoms with Crippen molar-refractivity contribution < 1.29 is 4.74 Å². The highest BCUT2D eigenvalue weighted by molar-refractivity contribution is 6.39. The van der Waals surface area contributed by atoms with Gasteiger partial charge in [0, 0.05) is 24.4 Å². The molecule has 0 unspecified atom stereocenters. The Hall–Kier alpha value is -1.43. The molecule has 25 heavy (non-hydrogen) atoms. The van der Waals surface area contributed by atoms with E-state index in [2.05, 4.69) is 17.2 Å². The zero-order valence-corrected chi connectivity index (χ0v) is 16.1. The topological polar surface area (TPSA) is 56.1 Å². The molecular formula is C17H18Cl3N3O2. The van der Waals surface area contributed by atoms with Crippen molar-refractivity contribution in [3.05, 3.63) is 43.9 Å². The van der Waals surface area contributed by atoms with Crippen LogP contribution in [0.4, 0.5) is 11.5 Å². The molecule has 1 saturated carbocycles. The number of aromatic nitrogens is 2. The van der Waals surface area contributed by atoms with Crippen LogP contribution in [0, 0.1) is 5.92 Å². The Labute approximate surface area is 160 Å². The van der Waals surface area contributed by atoms with Crippen molar-refractivity contribution >= 4 is 46.3 Å². The molecule has 0 saturated heterocycles. The van der Waals surface area contributed by atoms with Gasteiger partial charge in [0.2, 0.25) is 0 Å². The van der Waals surface area contributed by atoms with Gasteiger partial charge in [-0.25, -0.2) is 4.98 Å². The van der Waals surface area contributed by atoms with E-state index in [1.54, 1.807) is 22.9 Å². The molecule has 0 amide bonds. The minimum absolute atomic E-state index is 0.0977. The standard InChI is InChI=1S/C17H18Cl3N3O2/c1-3-13(9-4-5-9)23-8-14(20)21-16(17(23)24)22-15-11(18)6-10(25-2)7-12(15)19/h6-9,13H,3-5H2,1-2H3,(H,21,22)/t13-/m1/s1. The normalized spacial score (nSPS) is 15.1. The van der Waals surface area contributed by atoms with Crippen molar-refractivity contribution in [2.45, 2.75) is 32.2 Å². The van der Waals surface area contributed by atoms with Crippen LogP contribution in [-0.4, -0.2) is 16.7 Å². The van der Waals surface area contributed by atoms with Gasteiger partial charge in [-0.05, 0) is 25.2 Å². The van der Waals surface area contributed by atoms with E-state index < -0.39 is 0 Å². The molecule has 8 heteroatoms. The fourth-order valence-electron chi connectivity index (χ4n) is 2.95.